The molecular formula is C62H54N4O4S4. The van der Waals surface area contributed by atoms with Gasteiger partial charge in [0.25, 0.3) is 0 Å². The van der Waals surface area contributed by atoms with Gasteiger partial charge in [0.15, 0.2) is 0 Å². The molecule has 0 radical (unpaired) electrons. The molecule has 370 valence electrons. The van der Waals surface area contributed by atoms with Crippen LogP contribution in [0.3, 0.4) is 0 Å². The highest BCUT2D eigenvalue weighted by atomic mass is 32.2. The molecule has 74 heavy (non-hydrogen) atoms. The van der Waals surface area contributed by atoms with Crippen LogP contribution < -0.4 is 9.80 Å². The summed E-state index contributed by atoms with van der Waals surface area (Å²) in [7, 11) is 0. The molecule has 2 aliphatic heterocycles. The van der Waals surface area contributed by atoms with E-state index < -0.39 is 11.9 Å². The molecule has 0 amide bonds. The number of nitriles is 2. The van der Waals surface area contributed by atoms with E-state index in [4.69, 9.17) is 0 Å². The Morgan fingerprint density at radius 1 is 0.500 bits per heavy atom. The van der Waals surface area contributed by atoms with Crippen molar-refractivity contribution in [1.82, 2.24) is 0 Å². The van der Waals surface area contributed by atoms with Crippen molar-refractivity contribution in [3.8, 4) is 33.0 Å². The van der Waals surface area contributed by atoms with Crippen LogP contribution in [0.4, 0.5) is 22.7 Å². The number of carboxylic acids is 2. The Balaban J connectivity index is 1.15. The standard InChI is InChI=1S/C62H54N4O4S4/c1-3-5-7-13-31-65-51-15-9-11-17-57(51)73-59-33-41(21-27-53(59)65)19-23-43-37-49(55-29-25-47(71-55)35-45(39-63)61(67)68)50(56-30-26-48(72-56)36-46(40-64)62(69)70)38-44(43)24-20-42-22-28-54-60(34-42)74-58-18-12-10-16-52(58)66(54)32-14-8-6-4-2/h9-12,15-30,33-38H,3-8,13-14,31-32H2,1-2H3,(H,67,68)(H,69,70)/b23-19+,24-20+,45-35-,46-36-. The van der Waals surface area contributed by atoms with E-state index in [-0.39, 0.29) is 11.1 Å². The van der Waals surface area contributed by atoms with Crippen molar-refractivity contribution < 1.29 is 19.8 Å². The van der Waals surface area contributed by atoms with Crippen molar-refractivity contribution in [3.63, 3.8) is 0 Å². The van der Waals surface area contributed by atoms with Gasteiger partial charge in [0.2, 0.25) is 0 Å². The van der Waals surface area contributed by atoms with Gasteiger partial charge in [-0.25, -0.2) is 9.59 Å². The first-order valence-corrected chi connectivity index (χ1v) is 28.2. The number of carbonyl (C=O) groups is 2. The molecule has 0 fully saturated rings. The molecule has 4 heterocycles. The van der Waals surface area contributed by atoms with E-state index >= 15 is 0 Å². The SMILES string of the molecule is CCCCCCN1c2ccccc2Sc2cc(/C=C/c3cc(-c4ccc(/C=C(/C#N)C(=O)O)s4)c(-c4ccc(/C=C(/C#N)C(=O)O)s4)cc3/C=C/c3ccc4c(c3)Sc3ccccc3N4CCCCCC)ccc21. The van der Waals surface area contributed by atoms with Crippen LogP contribution in [-0.2, 0) is 9.59 Å². The monoisotopic (exact) mass is 1050 g/mol. The van der Waals surface area contributed by atoms with Crippen molar-refractivity contribution in [3.05, 3.63) is 164 Å². The summed E-state index contributed by atoms with van der Waals surface area (Å²) >= 11 is 6.36. The molecule has 7 aromatic rings. The van der Waals surface area contributed by atoms with Crippen LogP contribution in [-0.4, -0.2) is 35.2 Å². The second-order valence-electron chi connectivity index (χ2n) is 18.1. The Morgan fingerprint density at radius 2 is 0.919 bits per heavy atom. The maximum absolute atomic E-state index is 11.9. The molecule has 0 spiro atoms. The van der Waals surface area contributed by atoms with Gasteiger partial charge >= 0.3 is 11.9 Å². The molecule has 5 aromatic carbocycles. The maximum atomic E-state index is 11.9. The number of benzene rings is 5. The summed E-state index contributed by atoms with van der Waals surface area (Å²) in [6.45, 7) is 6.39. The lowest BCUT2D eigenvalue weighted by Crippen LogP contribution is -2.22. The minimum absolute atomic E-state index is 0.361. The second-order valence-corrected chi connectivity index (χ2v) is 22.5. The van der Waals surface area contributed by atoms with Crippen LogP contribution in [0.5, 0.6) is 0 Å². The molecule has 9 rings (SSSR count). The van der Waals surface area contributed by atoms with Crippen LogP contribution in [0.2, 0.25) is 0 Å². The molecule has 0 saturated heterocycles. The summed E-state index contributed by atoms with van der Waals surface area (Å²) in [5.41, 5.74) is 9.92. The van der Waals surface area contributed by atoms with Gasteiger partial charge in [0, 0.05) is 63.3 Å². The second kappa shape index (κ2) is 24.1. The molecule has 8 nitrogen and oxygen atoms in total. The molecule has 2 aromatic heterocycles. The Labute approximate surface area is 450 Å². The molecule has 12 heteroatoms. The number of nitrogens with zero attached hydrogens (tertiary/aromatic N) is 4. The number of fused-ring (bicyclic) bond motifs is 4. The topological polar surface area (TPSA) is 129 Å². The first-order valence-electron chi connectivity index (χ1n) is 25.0. The predicted molar refractivity (Wildman–Crippen MR) is 310 cm³/mol. The van der Waals surface area contributed by atoms with Crippen molar-refractivity contribution in [1.29, 1.82) is 10.5 Å². The van der Waals surface area contributed by atoms with Gasteiger partial charge in [0.1, 0.15) is 23.3 Å². The highest BCUT2D eigenvalue weighted by Gasteiger charge is 2.25. The first kappa shape index (κ1) is 51.6. The molecule has 0 bridgehead atoms. The minimum atomic E-state index is -1.30. The van der Waals surface area contributed by atoms with Gasteiger partial charge < -0.3 is 20.0 Å². The number of thiophene rings is 2. The van der Waals surface area contributed by atoms with Gasteiger partial charge in [-0.2, -0.15) is 10.5 Å². The smallest absolute Gasteiger partial charge is 0.346 e. The Morgan fingerprint density at radius 3 is 1.32 bits per heavy atom. The van der Waals surface area contributed by atoms with Gasteiger partial charge in [0.05, 0.1) is 22.7 Å². The number of carboxylic acid groups (broad SMARTS) is 2. The number of anilines is 4. The minimum Gasteiger partial charge on any atom is -0.477 e. The largest absolute Gasteiger partial charge is 0.477 e. The molecule has 2 N–H and O–H groups in total. The van der Waals surface area contributed by atoms with Gasteiger partial charge in [-0.1, -0.05) is 137 Å². The van der Waals surface area contributed by atoms with E-state index in [1.54, 1.807) is 35.7 Å². The lowest BCUT2D eigenvalue weighted by molar-refractivity contribution is -0.133. The fourth-order valence-electron chi connectivity index (χ4n) is 9.20. The van der Waals surface area contributed by atoms with Crippen LogP contribution in [0.25, 0.3) is 57.3 Å². The highest BCUT2D eigenvalue weighted by Crippen LogP contribution is 2.50. The number of unbranched alkanes of at least 4 members (excludes halogenated alkanes) is 6. The molecule has 2 aliphatic rings. The summed E-state index contributed by atoms with van der Waals surface area (Å²) in [6, 6.07) is 46.1. The lowest BCUT2D eigenvalue weighted by atomic mass is 9.95. The van der Waals surface area contributed by atoms with Gasteiger partial charge in [-0.15, -0.1) is 22.7 Å². The van der Waals surface area contributed by atoms with Crippen LogP contribution in [0, 0.1) is 22.7 Å². The summed E-state index contributed by atoms with van der Waals surface area (Å²) in [5.74, 6) is -2.59. The molecule has 0 unspecified atom stereocenters. The third kappa shape index (κ3) is 11.9. The maximum Gasteiger partial charge on any atom is 0.346 e. The third-order valence-electron chi connectivity index (χ3n) is 13.0. The highest BCUT2D eigenvalue weighted by molar-refractivity contribution is 8.00. The molecule has 0 atom stereocenters. The van der Waals surface area contributed by atoms with Crippen molar-refractivity contribution in [2.24, 2.45) is 0 Å². The third-order valence-corrected chi connectivity index (χ3v) is 17.3. The Bertz CT molecular complexity index is 3230. The van der Waals surface area contributed by atoms with E-state index in [2.05, 4.69) is 145 Å². The molecule has 0 aliphatic carbocycles. The van der Waals surface area contributed by atoms with Crippen LogP contribution >= 0.6 is 46.2 Å². The predicted octanol–water partition coefficient (Wildman–Crippen LogP) is 17.8. The number of hydrogen-bond donors (Lipinski definition) is 2. The average molecular weight is 1050 g/mol. The zero-order valence-corrected chi connectivity index (χ0v) is 44.5. The van der Waals surface area contributed by atoms with Crippen LogP contribution in [0.15, 0.2) is 152 Å². The number of aliphatic carboxylic acids is 2. The first-order chi connectivity index (χ1) is 36.1. The molecule has 0 saturated carbocycles. The van der Waals surface area contributed by atoms with Crippen molar-refractivity contribution in [2.75, 3.05) is 22.9 Å². The lowest BCUT2D eigenvalue weighted by Gasteiger charge is -2.33. The Kier molecular flexibility index (Phi) is 16.8. The van der Waals surface area contributed by atoms with E-state index in [0.29, 0.717) is 9.75 Å². The summed E-state index contributed by atoms with van der Waals surface area (Å²) in [4.78, 5) is 36.5. The zero-order chi connectivity index (χ0) is 51.6. The number of para-hydroxylation sites is 2. The van der Waals surface area contributed by atoms with E-state index in [0.717, 1.165) is 69.1 Å². The summed E-state index contributed by atoms with van der Waals surface area (Å²) < 4.78 is 0. The molecular weight excluding hydrogens is 993 g/mol. The average Bonchev–Trinajstić information content (AvgIpc) is 4.10. The fraction of sp³-hybridized carbons (Fsp3) is 0.194. The van der Waals surface area contributed by atoms with Crippen molar-refractivity contribution in [2.45, 2.75) is 84.8 Å². The fourth-order valence-corrected chi connectivity index (χ4v) is 13.5. The Hall–Kier alpha value is -7.32. The van der Waals surface area contributed by atoms with Crippen LogP contribution in [0.1, 0.15) is 97.2 Å². The number of hydrogen-bond acceptors (Lipinski definition) is 10. The van der Waals surface area contributed by atoms with E-state index in [1.807, 2.05) is 24.3 Å². The normalized spacial score (nSPS) is 13.1. The van der Waals surface area contributed by atoms with Crippen molar-refractivity contribution >= 4 is 117 Å². The summed E-state index contributed by atoms with van der Waals surface area (Å²) in [5, 5.41) is 38.6. The van der Waals surface area contributed by atoms with E-state index in [9.17, 15) is 30.3 Å². The van der Waals surface area contributed by atoms with Gasteiger partial charge in [-0.05, 0) is 132 Å². The zero-order valence-electron chi connectivity index (χ0n) is 41.2. The van der Waals surface area contributed by atoms with E-state index in [1.165, 1.54) is 116 Å². The number of rotatable bonds is 20. The quantitative estimate of drug-likeness (QED) is 0.0329. The van der Waals surface area contributed by atoms with Gasteiger partial charge in [-0.3, -0.25) is 0 Å². The summed E-state index contributed by atoms with van der Waals surface area (Å²) in [6.07, 6.45) is 20.8.